The van der Waals surface area contributed by atoms with E-state index in [4.69, 9.17) is 10.00 Å². The van der Waals surface area contributed by atoms with Gasteiger partial charge in [0.05, 0.1) is 21.8 Å². The molecule has 1 heterocycles. The Morgan fingerprint density at radius 1 is 1.19 bits per heavy atom. The van der Waals surface area contributed by atoms with E-state index in [2.05, 4.69) is 64.7 Å². The van der Waals surface area contributed by atoms with Crippen LogP contribution in [0.3, 0.4) is 0 Å². The van der Waals surface area contributed by atoms with Gasteiger partial charge < -0.3 is 14.5 Å². The van der Waals surface area contributed by atoms with E-state index in [1.165, 1.54) is 19.5 Å². The van der Waals surface area contributed by atoms with Crippen LogP contribution in [0.4, 0.5) is 0 Å². The monoisotopic (exact) mass is 475 g/mol. The third-order valence-electron chi connectivity index (χ3n) is 5.13. The Kier molecular flexibility index (Phi) is 7.11. The number of hydrogen-bond donors (Lipinski definition) is 0. The molecule has 0 amide bonds. The molecule has 1 aliphatic rings. The molecule has 27 heavy (non-hydrogen) atoms. The minimum Gasteiger partial charge on any atom is -0.492 e. The van der Waals surface area contributed by atoms with E-state index in [0.29, 0.717) is 11.6 Å². The third-order valence-corrected chi connectivity index (χ3v) is 5.98. The highest BCUT2D eigenvalue weighted by molar-refractivity contribution is 14.1. The lowest BCUT2D eigenvalue weighted by Crippen LogP contribution is -2.32. The summed E-state index contributed by atoms with van der Waals surface area (Å²) in [6.07, 6.45) is 2.32. The van der Waals surface area contributed by atoms with E-state index in [9.17, 15) is 0 Å². The van der Waals surface area contributed by atoms with Crippen LogP contribution in [0.5, 0.6) is 5.75 Å². The highest BCUT2D eigenvalue weighted by Gasteiger charge is 2.23. The molecule has 2 aromatic rings. The molecule has 0 unspecified atom stereocenters. The molecule has 1 aliphatic heterocycles. The van der Waals surface area contributed by atoms with Crippen LogP contribution >= 0.6 is 22.6 Å². The first-order valence-electron chi connectivity index (χ1n) is 9.38. The Hall–Kier alpha value is -1.62. The SMILES string of the molecule is CN(C)[C@@H]1CCN(CCCOc2ccc(-c3ccc(C#N)cc3)cc2I)C1. The molecule has 0 aromatic heterocycles. The maximum Gasteiger partial charge on any atom is 0.132 e. The number of ether oxygens (including phenoxy) is 1. The molecule has 1 atom stereocenters. The lowest BCUT2D eigenvalue weighted by atomic mass is 10.0. The van der Waals surface area contributed by atoms with Crippen molar-refractivity contribution in [2.45, 2.75) is 18.9 Å². The fourth-order valence-electron chi connectivity index (χ4n) is 3.44. The van der Waals surface area contributed by atoms with Crippen molar-refractivity contribution in [3.63, 3.8) is 0 Å². The lowest BCUT2D eigenvalue weighted by Gasteiger charge is -2.20. The number of likely N-dealkylation sites (tertiary alicyclic amines) is 1. The molecule has 0 N–H and O–H groups in total. The maximum absolute atomic E-state index is 8.92. The molecule has 1 fully saturated rings. The average molecular weight is 475 g/mol. The summed E-state index contributed by atoms with van der Waals surface area (Å²) in [5.41, 5.74) is 2.94. The maximum atomic E-state index is 8.92. The van der Waals surface area contributed by atoms with Crippen molar-refractivity contribution >= 4 is 22.6 Å². The van der Waals surface area contributed by atoms with Gasteiger partial charge in [-0.25, -0.2) is 0 Å². The van der Waals surface area contributed by atoms with Crippen LogP contribution < -0.4 is 4.74 Å². The Balaban J connectivity index is 1.49. The van der Waals surface area contributed by atoms with E-state index >= 15 is 0 Å². The van der Waals surface area contributed by atoms with Gasteiger partial charge in [-0.1, -0.05) is 18.2 Å². The summed E-state index contributed by atoms with van der Waals surface area (Å²) in [4.78, 5) is 4.86. The zero-order valence-corrected chi connectivity index (χ0v) is 18.1. The van der Waals surface area contributed by atoms with Gasteiger partial charge in [-0.05, 0) is 91.5 Å². The van der Waals surface area contributed by atoms with Crippen LogP contribution in [0.15, 0.2) is 42.5 Å². The molecule has 2 aromatic carbocycles. The van der Waals surface area contributed by atoms with Crippen LogP contribution in [-0.2, 0) is 0 Å². The quantitative estimate of drug-likeness (QED) is 0.444. The second-order valence-electron chi connectivity index (χ2n) is 7.24. The summed E-state index contributed by atoms with van der Waals surface area (Å²) in [7, 11) is 4.33. The molecule has 5 heteroatoms. The van der Waals surface area contributed by atoms with Crippen molar-refractivity contribution < 1.29 is 4.74 Å². The fourth-order valence-corrected chi connectivity index (χ4v) is 4.11. The van der Waals surface area contributed by atoms with Gasteiger partial charge in [0.1, 0.15) is 5.75 Å². The molecule has 0 aliphatic carbocycles. The first-order chi connectivity index (χ1) is 13.1. The Morgan fingerprint density at radius 2 is 1.93 bits per heavy atom. The van der Waals surface area contributed by atoms with Gasteiger partial charge in [-0.3, -0.25) is 0 Å². The minimum atomic E-state index is 0.684. The first-order valence-corrected chi connectivity index (χ1v) is 10.5. The number of nitrogens with zero attached hydrogens (tertiary/aromatic N) is 3. The van der Waals surface area contributed by atoms with E-state index in [1.54, 1.807) is 0 Å². The van der Waals surface area contributed by atoms with Gasteiger partial charge in [-0.15, -0.1) is 0 Å². The number of nitriles is 1. The summed E-state index contributed by atoms with van der Waals surface area (Å²) in [5.74, 6) is 0.945. The third kappa shape index (κ3) is 5.44. The zero-order valence-electron chi connectivity index (χ0n) is 16.0. The second kappa shape index (κ2) is 9.54. The predicted molar refractivity (Wildman–Crippen MR) is 118 cm³/mol. The molecular formula is C22H26IN3O. The lowest BCUT2D eigenvalue weighted by molar-refractivity contribution is 0.241. The van der Waals surface area contributed by atoms with Gasteiger partial charge in [-0.2, -0.15) is 5.26 Å². The smallest absolute Gasteiger partial charge is 0.132 e. The van der Waals surface area contributed by atoms with Crippen LogP contribution in [0.25, 0.3) is 11.1 Å². The summed E-state index contributed by atoms with van der Waals surface area (Å²) < 4.78 is 7.12. The van der Waals surface area contributed by atoms with Gasteiger partial charge >= 0.3 is 0 Å². The minimum absolute atomic E-state index is 0.684. The molecule has 3 rings (SSSR count). The number of benzene rings is 2. The predicted octanol–water partition coefficient (Wildman–Crippen LogP) is 4.23. The van der Waals surface area contributed by atoms with Gasteiger partial charge in [0.25, 0.3) is 0 Å². The molecule has 0 radical (unpaired) electrons. The van der Waals surface area contributed by atoms with Crippen LogP contribution in [-0.4, -0.2) is 56.2 Å². The Morgan fingerprint density at radius 3 is 2.56 bits per heavy atom. The Labute approximate surface area is 175 Å². The molecule has 142 valence electrons. The van der Waals surface area contributed by atoms with Crippen molar-refractivity contribution in [3.05, 3.63) is 51.6 Å². The van der Waals surface area contributed by atoms with E-state index in [-0.39, 0.29) is 0 Å². The van der Waals surface area contributed by atoms with Crippen molar-refractivity contribution in [1.29, 1.82) is 5.26 Å². The number of hydrogen-bond acceptors (Lipinski definition) is 4. The van der Waals surface area contributed by atoms with Crippen LogP contribution in [0.1, 0.15) is 18.4 Å². The number of rotatable bonds is 7. The van der Waals surface area contributed by atoms with Gasteiger partial charge in [0, 0.05) is 19.1 Å². The van der Waals surface area contributed by atoms with E-state index in [1.807, 2.05) is 30.3 Å². The van der Waals surface area contributed by atoms with Crippen molar-refractivity contribution in [2.24, 2.45) is 0 Å². The number of halogens is 1. The van der Waals surface area contributed by atoms with Crippen molar-refractivity contribution in [3.8, 4) is 22.9 Å². The first kappa shape index (κ1) is 20.1. The molecular weight excluding hydrogens is 449 g/mol. The largest absolute Gasteiger partial charge is 0.492 e. The van der Waals surface area contributed by atoms with Gasteiger partial charge in [0.15, 0.2) is 0 Å². The van der Waals surface area contributed by atoms with E-state index in [0.717, 1.165) is 40.0 Å². The summed E-state index contributed by atoms with van der Waals surface area (Å²) in [5, 5.41) is 8.92. The molecule has 0 saturated carbocycles. The fraction of sp³-hybridized carbons (Fsp3) is 0.409. The van der Waals surface area contributed by atoms with Gasteiger partial charge in [0.2, 0.25) is 0 Å². The average Bonchev–Trinajstić information content (AvgIpc) is 3.15. The molecule has 4 nitrogen and oxygen atoms in total. The molecule has 0 bridgehead atoms. The highest BCUT2D eigenvalue weighted by Crippen LogP contribution is 2.28. The summed E-state index contributed by atoms with van der Waals surface area (Å²) in [6.45, 7) is 4.21. The number of likely N-dealkylation sites (N-methyl/N-ethyl adjacent to an activating group) is 1. The van der Waals surface area contributed by atoms with Crippen LogP contribution in [0, 0.1) is 14.9 Å². The summed E-state index contributed by atoms with van der Waals surface area (Å²) >= 11 is 2.33. The van der Waals surface area contributed by atoms with Crippen molar-refractivity contribution in [2.75, 3.05) is 40.3 Å². The van der Waals surface area contributed by atoms with E-state index < -0.39 is 0 Å². The highest BCUT2D eigenvalue weighted by atomic mass is 127. The second-order valence-corrected chi connectivity index (χ2v) is 8.41. The van der Waals surface area contributed by atoms with Crippen LogP contribution in [0.2, 0.25) is 0 Å². The summed E-state index contributed by atoms with van der Waals surface area (Å²) in [6, 6.07) is 16.8. The normalized spacial score (nSPS) is 17.2. The topological polar surface area (TPSA) is 39.5 Å². The standard InChI is InChI=1S/C22H26IN3O/c1-25(2)20-10-12-26(16-20)11-3-13-27-22-9-8-19(14-21(22)23)18-6-4-17(15-24)5-7-18/h4-9,14,20H,3,10-13,16H2,1-2H3/t20-/m1/s1. The Bertz CT molecular complexity index is 798. The molecule has 0 spiro atoms. The zero-order chi connectivity index (χ0) is 19.2. The molecule has 1 saturated heterocycles. The van der Waals surface area contributed by atoms with Crippen molar-refractivity contribution in [1.82, 2.24) is 9.80 Å².